The minimum atomic E-state index is -3.16. The summed E-state index contributed by atoms with van der Waals surface area (Å²) in [7, 11) is -3.16. The van der Waals surface area contributed by atoms with Crippen molar-refractivity contribution in [3.8, 4) is 0 Å². The van der Waals surface area contributed by atoms with Crippen molar-refractivity contribution in [2.24, 2.45) is 0 Å². The Hall–Kier alpha value is -0.910. The van der Waals surface area contributed by atoms with E-state index in [-0.39, 0.29) is 11.8 Å². The molecule has 4 nitrogen and oxygen atoms in total. The molecule has 0 saturated carbocycles. The molecule has 0 aliphatic carbocycles. The minimum absolute atomic E-state index is 0.138. The predicted octanol–water partition coefficient (Wildman–Crippen LogP) is 2.85. The van der Waals surface area contributed by atoms with E-state index in [1.807, 2.05) is 6.92 Å². The second-order valence-electron chi connectivity index (χ2n) is 6.19. The molecule has 5 heteroatoms. The second kappa shape index (κ2) is 8.09. The number of rotatable bonds is 8. The number of likely N-dealkylation sites (tertiary alicyclic amines) is 1. The van der Waals surface area contributed by atoms with Crippen molar-refractivity contribution in [3.05, 3.63) is 35.4 Å². The largest absolute Gasteiger partial charge is 0.295 e. The van der Waals surface area contributed by atoms with Crippen LogP contribution in [0.25, 0.3) is 0 Å². The molecule has 0 aromatic heterocycles. The SMILES string of the molecule is CCCCS(=O)(=O)NCC(c1ccc(C)cc1)N1CCCC1. The van der Waals surface area contributed by atoms with Gasteiger partial charge in [-0.3, -0.25) is 4.90 Å². The van der Waals surface area contributed by atoms with Gasteiger partial charge in [0, 0.05) is 12.6 Å². The van der Waals surface area contributed by atoms with E-state index in [9.17, 15) is 8.42 Å². The maximum atomic E-state index is 12.1. The highest BCUT2D eigenvalue weighted by Gasteiger charge is 2.24. The van der Waals surface area contributed by atoms with Crippen molar-refractivity contribution in [1.29, 1.82) is 0 Å². The Labute approximate surface area is 135 Å². The summed E-state index contributed by atoms with van der Waals surface area (Å²) in [4.78, 5) is 2.40. The molecule has 0 spiro atoms. The topological polar surface area (TPSA) is 49.4 Å². The van der Waals surface area contributed by atoms with Gasteiger partial charge >= 0.3 is 0 Å². The third-order valence-electron chi connectivity index (χ3n) is 4.31. The number of nitrogens with one attached hydrogen (secondary N) is 1. The van der Waals surface area contributed by atoms with Crippen LogP contribution in [0.2, 0.25) is 0 Å². The molecule has 1 fully saturated rings. The lowest BCUT2D eigenvalue weighted by atomic mass is 10.0. The van der Waals surface area contributed by atoms with Gasteiger partial charge in [0.2, 0.25) is 10.0 Å². The smallest absolute Gasteiger partial charge is 0.211 e. The van der Waals surface area contributed by atoms with Gasteiger partial charge in [0.05, 0.1) is 5.75 Å². The van der Waals surface area contributed by atoms with Gasteiger partial charge in [-0.25, -0.2) is 13.1 Å². The van der Waals surface area contributed by atoms with Gasteiger partial charge in [-0.1, -0.05) is 43.2 Å². The van der Waals surface area contributed by atoms with Crippen molar-refractivity contribution in [2.75, 3.05) is 25.4 Å². The first-order chi connectivity index (χ1) is 10.5. The van der Waals surface area contributed by atoms with E-state index in [0.717, 1.165) is 19.5 Å². The summed E-state index contributed by atoms with van der Waals surface area (Å²) in [6, 6.07) is 8.59. The standard InChI is InChI=1S/C17H28N2O2S/c1-3-4-13-22(20,21)18-14-17(19-11-5-6-12-19)16-9-7-15(2)8-10-16/h7-10,17-18H,3-6,11-14H2,1-2H3. The molecule has 1 aromatic rings. The first-order valence-corrected chi connectivity index (χ1v) is 9.95. The molecule has 1 N–H and O–H groups in total. The van der Waals surface area contributed by atoms with E-state index in [1.54, 1.807) is 0 Å². The van der Waals surface area contributed by atoms with Crippen molar-refractivity contribution in [3.63, 3.8) is 0 Å². The number of aryl methyl sites for hydroxylation is 1. The molecule has 0 bridgehead atoms. The van der Waals surface area contributed by atoms with Crippen LogP contribution in [0.4, 0.5) is 0 Å². The number of sulfonamides is 1. The van der Waals surface area contributed by atoms with Crippen molar-refractivity contribution < 1.29 is 8.42 Å². The molecular formula is C17H28N2O2S. The van der Waals surface area contributed by atoms with E-state index in [4.69, 9.17) is 0 Å². The predicted molar refractivity (Wildman–Crippen MR) is 91.4 cm³/mol. The zero-order valence-corrected chi connectivity index (χ0v) is 14.5. The van der Waals surface area contributed by atoms with Crippen LogP contribution in [-0.2, 0) is 10.0 Å². The van der Waals surface area contributed by atoms with Crippen LogP contribution in [0.5, 0.6) is 0 Å². The van der Waals surface area contributed by atoms with Gasteiger partial charge in [-0.15, -0.1) is 0 Å². The molecule has 22 heavy (non-hydrogen) atoms. The van der Waals surface area contributed by atoms with E-state index in [2.05, 4.69) is 40.8 Å². The van der Waals surface area contributed by atoms with Crippen LogP contribution in [0.1, 0.15) is 49.8 Å². The summed E-state index contributed by atoms with van der Waals surface area (Å²) < 4.78 is 26.9. The molecule has 124 valence electrons. The normalized spacial score (nSPS) is 17.7. The first-order valence-electron chi connectivity index (χ1n) is 8.30. The van der Waals surface area contributed by atoms with Gasteiger partial charge in [0.1, 0.15) is 0 Å². The summed E-state index contributed by atoms with van der Waals surface area (Å²) in [5.41, 5.74) is 2.43. The molecule has 2 rings (SSSR count). The second-order valence-corrected chi connectivity index (χ2v) is 8.12. The average Bonchev–Trinajstić information content (AvgIpc) is 3.01. The Bertz CT molecular complexity index is 549. The monoisotopic (exact) mass is 324 g/mol. The summed E-state index contributed by atoms with van der Waals surface area (Å²) in [5, 5.41) is 0. The Kier molecular flexibility index (Phi) is 6.41. The van der Waals surface area contributed by atoms with E-state index in [1.165, 1.54) is 24.0 Å². The van der Waals surface area contributed by atoms with Crippen LogP contribution in [0.3, 0.4) is 0 Å². The Morgan fingerprint density at radius 1 is 1.18 bits per heavy atom. The summed E-state index contributed by atoms with van der Waals surface area (Å²) in [5.74, 6) is 0.226. The van der Waals surface area contributed by atoms with Crippen LogP contribution >= 0.6 is 0 Å². The highest BCUT2D eigenvalue weighted by molar-refractivity contribution is 7.89. The maximum absolute atomic E-state index is 12.1. The van der Waals surface area contributed by atoms with Gasteiger partial charge in [0.25, 0.3) is 0 Å². The van der Waals surface area contributed by atoms with Crippen LogP contribution in [0, 0.1) is 6.92 Å². The van der Waals surface area contributed by atoms with Crippen LogP contribution < -0.4 is 4.72 Å². The van der Waals surface area contributed by atoms with Gasteiger partial charge in [0.15, 0.2) is 0 Å². The lowest BCUT2D eigenvalue weighted by Crippen LogP contribution is -2.37. The number of nitrogens with zero attached hydrogens (tertiary/aromatic N) is 1. The fourth-order valence-corrected chi connectivity index (χ4v) is 4.14. The lowest BCUT2D eigenvalue weighted by molar-refractivity contribution is 0.246. The van der Waals surface area contributed by atoms with Crippen molar-refractivity contribution in [2.45, 2.75) is 45.6 Å². The summed E-state index contributed by atoms with van der Waals surface area (Å²) in [6.45, 7) is 6.65. The zero-order chi connectivity index (χ0) is 16.0. The molecule has 0 radical (unpaired) electrons. The molecular weight excluding hydrogens is 296 g/mol. The molecule has 1 heterocycles. The lowest BCUT2D eigenvalue weighted by Gasteiger charge is -2.28. The minimum Gasteiger partial charge on any atom is -0.295 e. The average molecular weight is 324 g/mol. The van der Waals surface area contributed by atoms with Gasteiger partial charge < -0.3 is 0 Å². The van der Waals surface area contributed by atoms with E-state index in [0.29, 0.717) is 13.0 Å². The summed E-state index contributed by atoms with van der Waals surface area (Å²) >= 11 is 0. The highest BCUT2D eigenvalue weighted by atomic mass is 32.2. The molecule has 1 unspecified atom stereocenters. The molecule has 1 aromatic carbocycles. The highest BCUT2D eigenvalue weighted by Crippen LogP contribution is 2.25. The first kappa shape index (κ1) is 17.4. The molecule has 1 aliphatic heterocycles. The molecule has 0 amide bonds. The van der Waals surface area contributed by atoms with Gasteiger partial charge in [-0.05, 0) is 44.8 Å². The van der Waals surface area contributed by atoms with Crippen molar-refractivity contribution in [1.82, 2.24) is 9.62 Å². The van der Waals surface area contributed by atoms with Gasteiger partial charge in [-0.2, -0.15) is 0 Å². The third-order valence-corrected chi connectivity index (χ3v) is 5.74. The van der Waals surface area contributed by atoms with E-state index < -0.39 is 10.0 Å². The van der Waals surface area contributed by atoms with Crippen LogP contribution in [-0.4, -0.2) is 38.7 Å². The van der Waals surface area contributed by atoms with E-state index >= 15 is 0 Å². The van der Waals surface area contributed by atoms with Crippen LogP contribution in [0.15, 0.2) is 24.3 Å². The Morgan fingerprint density at radius 3 is 2.41 bits per heavy atom. The van der Waals surface area contributed by atoms with Crippen molar-refractivity contribution >= 4 is 10.0 Å². The Morgan fingerprint density at radius 2 is 1.82 bits per heavy atom. The number of unbranched alkanes of at least 4 members (excludes halogenated alkanes) is 1. The number of hydrogen-bond acceptors (Lipinski definition) is 3. The zero-order valence-electron chi connectivity index (χ0n) is 13.7. The quantitative estimate of drug-likeness (QED) is 0.800. The summed E-state index contributed by atoms with van der Waals surface area (Å²) in [6.07, 6.45) is 4.01. The maximum Gasteiger partial charge on any atom is 0.211 e. The Balaban J connectivity index is 2.06. The molecule has 1 aliphatic rings. The molecule has 1 atom stereocenters. The fraction of sp³-hybridized carbons (Fsp3) is 0.647. The number of benzene rings is 1. The number of hydrogen-bond donors (Lipinski definition) is 1. The molecule has 1 saturated heterocycles. The fourth-order valence-electron chi connectivity index (χ4n) is 2.91. The third kappa shape index (κ3) is 5.07.